The first-order valence-electron chi connectivity index (χ1n) is 10.4. The molecule has 1 aliphatic carbocycles. The van der Waals surface area contributed by atoms with E-state index in [2.05, 4.69) is 14.9 Å². The van der Waals surface area contributed by atoms with Gasteiger partial charge in [0.1, 0.15) is 17.3 Å². The zero-order chi connectivity index (χ0) is 21.2. The van der Waals surface area contributed by atoms with Crippen molar-refractivity contribution in [3.63, 3.8) is 0 Å². The van der Waals surface area contributed by atoms with Crippen molar-refractivity contribution in [2.75, 3.05) is 0 Å². The molecule has 0 radical (unpaired) electrons. The molecule has 3 aromatic heterocycles. The second-order valence-electron chi connectivity index (χ2n) is 7.72. The monoisotopic (exact) mass is 419 g/mol. The number of nitrogens with one attached hydrogen (secondary N) is 1. The van der Waals surface area contributed by atoms with Gasteiger partial charge in [0.05, 0.1) is 24.8 Å². The second-order valence-corrected chi connectivity index (χ2v) is 7.72. The lowest BCUT2D eigenvalue weighted by Gasteiger charge is -2.15. The third kappa shape index (κ3) is 3.91. The molecule has 7 heteroatoms. The lowest BCUT2D eigenvalue weighted by atomic mass is 10.1. The van der Waals surface area contributed by atoms with E-state index in [0.29, 0.717) is 23.3 Å². The summed E-state index contributed by atoms with van der Waals surface area (Å²) in [5, 5.41) is 2.79. The van der Waals surface area contributed by atoms with E-state index in [0.717, 1.165) is 24.1 Å². The van der Waals surface area contributed by atoms with E-state index in [9.17, 15) is 9.18 Å². The van der Waals surface area contributed by atoms with E-state index >= 15 is 0 Å². The zero-order valence-corrected chi connectivity index (χ0v) is 16.9. The smallest absolute Gasteiger partial charge is 0.287 e. The highest BCUT2D eigenvalue weighted by Gasteiger charge is 2.26. The molecule has 0 bridgehead atoms. The standard InChI is InChI=1S/C24H22FN3O3/c25-17-9-7-16(8-10-17)22-23(28(15-27-22)18-4-1-2-5-18)20-11-12-21(31-20)24(29)26-14-19-6-3-13-30-19/h3,6-13,15,18H,1-2,4-5,14H2,(H,26,29). The van der Waals surface area contributed by atoms with Crippen LogP contribution in [0, 0.1) is 5.82 Å². The van der Waals surface area contributed by atoms with Crippen molar-refractivity contribution in [2.24, 2.45) is 0 Å². The van der Waals surface area contributed by atoms with Gasteiger partial charge in [-0.3, -0.25) is 4.79 Å². The first-order valence-corrected chi connectivity index (χ1v) is 10.4. The highest BCUT2D eigenvalue weighted by Crippen LogP contribution is 2.39. The van der Waals surface area contributed by atoms with Crippen molar-refractivity contribution in [2.45, 2.75) is 38.3 Å². The Labute approximate surface area is 178 Å². The van der Waals surface area contributed by atoms with Crippen molar-refractivity contribution in [1.82, 2.24) is 14.9 Å². The van der Waals surface area contributed by atoms with Crippen molar-refractivity contribution in [3.05, 3.63) is 78.5 Å². The maximum absolute atomic E-state index is 13.4. The Morgan fingerprint density at radius 1 is 1.13 bits per heavy atom. The molecule has 1 amide bonds. The predicted octanol–water partition coefficient (Wildman–Crippen LogP) is 5.59. The molecular weight excluding hydrogens is 397 g/mol. The van der Waals surface area contributed by atoms with Crippen molar-refractivity contribution < 1.29 is 18.0 Å². The molecule has 0 spiro atoms. The minimum atomic E-state index is -0.321. The molecule has 1 fully saturated rings. The van der Waals surface area contributed by atoms with Gasteiger partial charge in [-0.05, 0) is 61.4 Å². The van der Waals surface area contributed by atoms with Crippen molar-refractivity contribution in [1.29, 1.82) is 0 Å². The average Bonchev–Trinajstić information content (AvgIpc) is 3.58. The number of imidazole rings is 1. The Kier molecular flexibility index (Phi) is 5.16. The second kappa shape index (κ2) is 8.26. The van der Waals surface area contributed by atoms with Crippen LogP contribution in [0.2, 0.25) is 0 Å². The van der Waals surface area contributed by atoms with E-state index in [-0.39, 0.29) is 24.0 Å². The Morgan fingerprint density at radius 3 is 2.68 bits per heavy atom. The number of furan rings is 2. The van der Waals surface area contributed by atoms with E-state index in [4.69, 9.17) is 8.83 Å². The summed E-state index contributed by atoms with van der Waals surface area (Å²) in [7, 11) is 0. The summed E-state index contributed by atoms with van der Waals surface area (Å²) < 4.78 is 26.8. The van der Waals surface area contributed by atoms with Crippen LogP contribution in [-0.4, -0.2) is 15.5 Å². The maximum Gasteiger partial charge on any atom is 0.287 e. The van der Waals surface area contributed by atoms with Gasteiger partial charge in [0.25, 0.3) is 5.91 Å². The Balaban J connectivity index is 1.47. The summed E-state index contributed by atoms with van der Waals surface area (Å²) in [6.45, 7) is 0.280. The summed E-state index contributed by atoms with van der Waals surface area (Å²) in [5.41, 5.74) is 2.32. The molecule has 1 saturated carbocycles. The van der Waals surface area contributed by atoms with Gasteiger partial charge in [0.2, 0.25) is 0 Å². The van der Waals surface area contributed by atoms with E-state index in [1.165, 1.54) is 25.0 Å². The molecule has 0 saturated heterocycles. The summed E-state index contributed by atoms with van der Waals surface area (Å²) >= 11 is 0. The predicted molar refractivity (Wildman–Crippen MR) is 113 cm³/mol. The topological polar surface area (TPSA) is 73.2 Å². The molecule has 3 heterocycles. The van der Waals surface area contributed by atoms with E-state index in [1.807, 2.05) is 6.33 Å². The molecule has 5 rings (SSSR count). The highest BCUT2D eigenvalue weighted by molar-refractivity contribution is 5.92. The molecule has 1 aliphatic rings. The van der Waals surface area contributed by atoms with Crippen LogP contribution in [0.4, 0.5) is 4.39 Å². The van der Waals surface area contributed by atoms with Gasteiger partial charge in [-0.2, -0.15) is 0 Å². The Hall–Kier alpha value is -3.61. The number of benzene rings is 1. The number of hydrogen-bond acceptors (Lipinski definition) is 4. The van der Waals surface area contributed by atoms with Gasteiger partial charge >= 0.3 is 0 Å². The molecule has 4 aromatic rings. The molecule has 6 nitrogen and oxygen atoms in total. The fourth-order valence-electron chi connectivity index (χ4n) is 4.14. The number of halogens is 1. The number of carbonyl (C=O) groups is 1. The van der Waals surface area contributed by atoms with Crippen LogP contribution in [-0.2, 0) is 6.54 Å². The molecule has 158 valence electrons. The number of carbonyl (C=O) groups excluding carboxylic acids is 1. The van der Waals surface area contributed by atoms with Crippen LogP contribution in [0.15, 0.2) is 70.0 Å². The quantitative estimate of drug-likeness (QED) is 0.442. The van der Waals surface area contributed by atoms with Crippen LogP contribution < -0.4 is 5.32 Å². The summed E-state index contributed by atoms with van der Waals surface area (Å²) in [6.07, 6.45) is 7.88. The first-order chi connectivity index (χ1) is 15.2. The van der Waals surface area contributed by atoms with Crippen LogP contribution in [0.3, 0.4) is 0 Å². The van der Waals surface area contributed by atoms with Crippen LogP contribution in [0.5, 0.6) is 0 Å². The highest BCUT2D eigenvalue weighted by atomic mass is 19.1. The number of aromatic nitrogens is 2. The van der Waals surface area contributed by atoms with Gasteiger partial charge in [-0.1, -0.05) is 12.8 Å². The van der Waals surface area contributed by atoms with Gasteiger partial charge in [-0.15, -0.1) is 0 Å². The fourth-order valence-corrected chi connectivity index (χ4v) is 4.14. The molecular formula is C24H22FN3O3. The summed E-state index contributed by atoms with van der Waals surface area (Å²) in [4.78, 5) is 17.2. The van der Waals surface area contributed by atoms with Crippen molar-refractivity contribution >= 4 is 5.91 Å². The fraction of sp³-hybridized carbons (Fsp3) is 0.250. The third-order valence-corrected chi connectivity index (χ3v) is 5.70. The minimum absolute atomic E-state index is 0.214. The third-order valence-electron chi connectivity index (χ3n) is 5.70. The molecule has 1 N–H and O–H groups in total. The first kappa shape index (κ1) is 19.4. The Bertz CT molecular complexity index is 1170. The molecule has 0 atom stereocenters. The average molecular weight is 419 g/mol. The van der Waals surface area contributed by atoms with Gasteiger partial charge in [-0.25, -0.2) is 9.37 Å². The van der Waals surface area contributed by atoms with E-state index in [1.54, 1.807) is 42.7 Å². The van der Waals surface area contributed by atoms with Crippen LogP contribution in [0.1, 0.15) is 48.0 Å². The summed E-state index contributed by atoms with van der Waals surface area (Å²) in [6, 6.07) is 13.6. The van der Waals surface area contributed by atoms with E-state index < -0.39 is 0 Å². The molecule has 0 aliphatic heterocycles. The lowest BCUT2D eigenvalue weighted by molar-refractivity contribution is 0.0921. The lowest BCUT2D eigenvalue weighted by Crippen LogP contribution is -2.21. The maximum atomic E-state index is 13.4. The minimum Gasteiger partial charge on any atom is -0.467 e. The van der Waals surface area contributed by atoms with Crippen LogP contribution in [0.25, 0.3) is 22.7 Å². The number of nitrogens with zero attached hydrogens (tertiary/aromatic N) is 2. The van der Waals surface area contributed by atoms with Gasteiger partial charge in [0, 0.05) is 11.6 Å². The van der Waals surface area contributed by atoms with Gasteiger partial charge in [0.15, 0.2) is 11.5 Å². The number of rotatable bonds is 6. The summed E-state index contributed by atoms with van der Waals surface area (Å²) in [5.74, 6) is 0.822. The molecule has 0 unspecified atom stereocenters. The molecule has 31 heavy (non-hydrogen) atoms. The van der Waals surface area contributed by atoms with Gasteiger partial charge < -0.3 is 18.7 Å². The number of hydrogen-bond donors (Lipinski definition) is 1. The SMILES string of the molecule is O=C(NCc1ccco1)c1ccc(-c2c(-c3ccc(F)cc3)ncn2C2CCCC2)o1. The van der Waals surface area contributed by atoms with Crippen LogP contribution >= 0.6 is 0 Å². The molecule has 1 aromatic carbocycles. The normalized spacial score (nSPS) is 14.2. The number of amides is 1. The zero-order valence-electron chi connectivity index (χ0n) is 16.9. The Morgan fingerprint density at radius 2 is 1.94 bits per heavy atom. The van der Waals surface area contributed by atoms with Crippen molar-refractivity contribution in [3.8, 4) is 22.7 Å². The largest absolute Gasteiger partial charge is 0.467 e.